The average molecular weight is 394 g/mol. The van der Waals surface area contributed by atoms with E-state index in [-0.39, 0.29) is 7.92 Å². The van der Waals surface area contributed by atoms with Crippen LogP contribution in [0.1, 0.15) is 41.5 Å². The Balaban J connectivity index is 0. The summed E-state index contributed by atoms with van der Waals surface area (Å²) < 4.78 is 0. The number of rotatable bonds is 3. The molecule has 12 heavy (non-hydrogen) atoms. The first-order valence-corrected chi connectivity index (χ1v) is 8.86. The molecule has 0 aromatic rings. The molecule has 0 bridgehead atoms. The third-order valence-corrected chi connectivity index (χ3v) is 6.00. The van der Waals surface area contributed by atoms with Crippen molar-refractivity contribution in [3.05, 3.63) is 0 Å². The van der Waals surface area contributed by atoms with Gasteiger partial charge in [0, 0.05) is 7.92 Å². The van der Waals surface area contributed by atoms with Gasteiger partial charge in [0.05, 0.1) is 17.0 Å². The molecule has 0 amide bonds. The van der Waals surface area contributed by atoms with E-state index in [2.05, 4.69) is 50.7 Å². The van der Waals surface area contributed by atoms with E-state index in [4.69, 9.17) is 0 Å². The maximum atomic E-state index is 4.58. The second-order valence-corrected chi connectivity index (χ2v) is 8.43. The van der Waals surface area contributed by atoms with Crippen molar-refractivity contribution >= 4 is 17.1 Å². The molecule has 0 fully saturated rings. The Hall–Kier alpha value is 1.46. The van der Waals surface area contributed by atoms with Gasteiger partial charge in [-0.25, -0.2) is 0 Å². The molecule has 0 unspecified atom stereocenters. The van der Waals surface area contributed by atoms with Gasteiger partial charge in [0.25, 0.3) is 0 Å². The molecule has 0 aliphatic rings. The van der Waals surface area contributed by atoms with Gasteiger partial charge in [-0.15, -0.1) is 0 Å². The van der Waals surface area contributed by atoms with Gasteiger partial charge in [-0.2, -0.15) is 0 Å². The molecule has 80 valence electrons. The SMILES string of the molecule is CC(C)[PH+](C(C)C)C(C)C.[Cl][Au]. The molecule has 0 aromatic heterocycles. The van der Waals surface area contributed by atoms with Crippen molar-refractivity contribution in [3.8, 4) is 0 Å². The Labute approximate surface area is 95.3 Å². The van der Waals surface area contributed by atoms with Crippen LogP contribution < -0.4 is 0 Å². The Morgan fingerprint density at radius 3 is 0.917 bits per heavy atom. The fraction of sp³-hybridized carbons (Fsp3) is 1.00. The van der Waals surface area contributed by atoms with E-state index in [1.807, 2.05) is 0 Å². The van der Waals surface area contributed by atoms with E-state index in [0.717, 1.165) is 17.0 Å². The van der Waals surface area contributed by atoms with Gasteiger partial charge < -0.3 is 0 Å². The second kappa shape index (κ2) is 9.03. The van der Waals surface area contributed by atoms with Gasteiger partial charge in [0.1, 0.15) is 0 Å². The molecule has 0 rings (SSSR count). The van der Waals surface area contributed by atoms with Gasteiger partial charge in [0.15, 0.2) is 0 Å². The van der Waals surface area contributed by atoms with Gasteiger partial charge in [-0.3, -0.25) is 0 Å². The van der Waals surface area contributed by atoms with Crippen molar-refractivity contribution in [2.75, 3.05) is 0 Å². The monoisotopic (exact) mass is 393 g/mol. The van der Waals surface area contributed by atoms with Crippen molar-refractivity contribution in [3.63, 3.8) is 0 Å². The minimum absolute atomic E-state index is 0.0957. The number of hydrogen-bond donors (Lipinski definition) is 0. The molecule has 0 atom stereocenters. The van der Waals surface area contributed by atoms with Crippen molar-refractivity contribution in [1.29, 1.82) is 0 Å². The second-order valence-electron chi connectivity index (χ2n) is 3.96. The molecular formula is C9H22AuClP+. The molecule has 3 heteroatoms. The Morgan fingerprint density at radius 1 is 0.750 bits per heavy atom. The molecule has 0 radical (unpaired) electrons. The summed E-state index contributed by atoms with van der Waals surface area (Å²) in [7, 11) is 4.49. The van der Waals surface area contributed by atoms with Gasteiger partial charge >= 0.3 is 29.2 Å². The Kier molecular flexibility index (Phi) is 12.0. The molecular weight excluding hydrogens is 371 g/mol. The van der Waals surface area contributed by atoms with E-state index < -0.39 is 0 Å². The summed E-state index contributed by atoms with van der Waals surface area (Å²) in [6.45, 7) is 14.2. The molecule has 0 aliphatic carbocycles. The molecule has 0 aromatic carbocycles. The summed E-state index contributed by atoms with van der Waals surface area (Å²) >= 11 is 1.75. The van der Waals surface area contributed by atoms with Crippen molar-refractivity contribution in [1.82, 2.24) is 0 Å². The van der Waals surface area contributed by atoms with E-state index in [1.54, 1.807) is 20.0 Å². The molecule has 0 saturated carbocycles. The first-order chi connectivity index (χ1) is 5.46. The molecule has 0 saturated heterocycles. The quantitative estimate of drug-likeness (QED) is 0.500. The van der Waals surface area contributed by atoms with Crippen LogP contribution in [0, 0.1) is 0 Å². The summed E-state index contributed by atoms with van der Waals surface area (Å²) in [5.74, 6) is 0. The zero-order valence-electron chi connectivity index (χ0n) is 8.91. The zero-order chi connectivity index (χ0) is 10.3. The molecule has 0 N–H and O–H groups in total. The summed E-state index contributed by atoms with van der Waals surface area (Å²) in [6, 6.07) is 0. The van der Waals surface area contributed by atoms with Crippen molar-refractivity contribution < 1.29 is 20.0 Å². The fourth-order valence-electron chi connectivity index (χ4n) is 2.00. The standard InChI is InChI=1S/C9H21P.Au.ClH/c1-7(2)10(8(3)4)9(5)6;;/h7-9H,1-6H3;;1H/q;+1;. The third-order valence-electron chi connectivity index (χ3n) is 2.00. The van der Waals surface area contributed by atoms with Gasteiger partial charge in [0.2, 0.25) is 0 Å². The van der Waals surface area contributed by atoms with Crippen molar-refractivity contribution in [2.45, 2.75) is 58.5 Å². The van der Waals surface area contributed by atoms with Crippen LogP contribution in [0.2, 0.25) is 0 Å². The molecule has 0 heterocycles. The summed E-state index contributed by atoms with van der Waals surface area (Å²) in [4.78, 5) is 0. The van der Waals surface area contributed by atoms with Gasteiger partial charge in [-0.05, 0) is 41.5 Å². The van der Waals surface area contributed by atoms with E-state index >= 15 is 0 Å². The van der Waals surface area contributed by atoms with Crippen LogP contribution in [-0.4, -0.2) is 17.0 Å². The average Bonchev–Trinajstić information content (AvgIpc) is 1.88. The van der Waals surface area contributed by atoms with Crippen molar-refractivity contribution in [2.24, 2.45) is 0 Å². The third kappa shape index (κ3) is 6.92. The molecule has 0 nitrogen and oxygen atoms in total. The Bertz CT molecular complexity index is 75.5. The van der Waals surface area contributed by atoms with Crippen LogP contribution in [-0.2, 0) is 20.0 Å². The summed E-state index contributed by atoms with van der Waals surface area (Å²) in [5, 5.41) is 0. The first-order valence-electron chi connectivity index (χ1n) is 4.44. The first kappa shape index (κ1) is 15.9. The molecule has 0 aliphatic heterocycles. The van der Waals surface area contributed by atoms with Crippen LogP contribution in [0.5, 0.6) is 0 Å². The van der Waals surface area contributed by atoms with E-state index in [1.165, 1.54) is 0 Å². The normalized spacial score (nSPS) is 11.1. The molecule has 0 spiro atoms. The van der Waals surface area contributed by atoms with Crippen LogP contribution in [0.4, 0.5) is 0 Å². The zero-order valence-corrected chi connectivity index (χ0v) is 12.8. The van der Waals surface area contributed by atoms with Crippen LogP contribution in [0.3, 0.4) is 0 Å². The van der Waals surface area contributed by atoms with E-state index in [0.29, 0.717) is 0 Å². The van der Waals surface area contributed by atoms with E-state index in [9.17, 15) is 0 Å². The maximum absolute atomic E-state index is 4.58. The summed E-state index contributed by atoms with van der Waals surface area (Å²) in [5.41, 5.74) is 2.81. The van der Waals surface area contributed by atoms with Crippen LogP contribution >= 0.6 is 17.1 Å². The number of halogens is 1. The van der Waals surface area contributed by atoms with Crippen LogP contribution in [0.25, 0.3) is 0 Å². The fourth-order valence-corrected chi connectivity index (χ4v) is 6.00. The minimum atomic E-state index is -0.0957. The summed E-state index contributed by atoms with van der Waals surface area (Å²) in [6.07, 6.45) is 0. The predicted molar refractivity (Wildman–Crippen MR) is 59.6 cm³/mol. The predicted octanol–water partition coefficient (Wildman–Crippen LogP) is 4.11. The van der Waals surface area contributed by atoms with Crippen LogP contribution in [0.15, 0.2) is 0 Å². The Morgan fingerprint density at radius 2 is 0.917 bits per heavy atom. The van der Waals surface area contributed by atoms with Gasteiger partial charge in [-0.1, -0.05) is 0 Å². The topological polar surface area (TPSA) is 0 Å². The number of hydrogen-bond acceptors (Lipinski definition) is 0.